The zero-order chi connectivity index (χ0) is 45.9. The molecule has 344 valence electrons. The molecule has 0 aromatic heterocycles. The van der Waals surface area contributed by atoms with Crippen molar-refractivity contribution in [2.45, 2.75) is 133 Å². The summed E-state index contributed by atoms with van der Waals surface area (Å²) >= 11 is 1.36. The second-order valence-electron chi connectivity index (χ2n) is 18.8. The van der Waals surface area contributed by atoms with Crippen LogP contribution in [0.2, 0.25) is 0 Å². The quantitative estimate of drug-likeness (QED) is 0.0579. The van der Waals surface area contributed by atoms with Crippen molar-refractivity contribution in [1.29, 1.82) is 0 Å². The van der Waals surface area contributed by atoms with Crippen molar-refractivity contribution in [3.8, 4) is 44.5 Å². The van der Waals surface area contributed by atoms with Gasteiger partial charge in [-0.25, -0.2) is 0 Å². The van der Waals surface area contributed by atoms with E-state index in [0.717, 1.165) is 0 Å². The molecule has 0 aliphatic heterocycles. The predicted molar refractivity (Wildman–Crippen MR) is 293 cm³/mol. The number of fused-ring (bicyclic) bond motifs is 2. The van der Waals surface area contributed by atoms with Crippen molar-refractivity contribution in [1.82, 2.24) is 0 Å². The van der Waals surface area contributed by atoms with Gasteiger partial charge in [0.2, 0.25) is 0 Å². The molecule has 0 spiro atoms. The third-order valence-corrected chi connectivity index (χ3v) is 12.7. The molecule has 0 unspecified atom stereocenters. The van der Waals surface area contributed by atoms with Crippen LogP contribution in [0.3, 0.4) is 0 Å². The predicted octanol–water partition coefficient (Wildman–Crippen LogP) is 19.0. The summed E-state index contributed by atoms with van der Waals surface area (Å²) in [5, 5.41) is 5.58. The summed E-state index contributed by atoms with van der Waals surface area (Å²) in [6.07, 6.45) is 12.8. The summed E-state index contributed by atoms with van der Waals surface area (Å²) < 4.78 is 0. The maximum absolute atomic E-state index is 3.06. The van der Waals surface area contributed by atoms with Gasteiger partial charge in [-0.2, -0.15) is 12.1 Å². The van der Waals surface area contributed by atoms with Crippen LogP contribution >= 0.6 is 0 Å². The minimum absolute atomic E-state index is 0. The Balaban J connectivity index is 0.000000270. The van der Waals surface area contributed by atoms with E-state index in [2.05, 4.69) is 197 Å². The van der Waals surface area contributed by atoms with E-state index in [1.807, 2.05) is 0 Å². The van der Waals surface area contributed by atoms with Gasteiger partial charge in [-0.3, -0.25) is 0 Å². The van der Waals surface area contributed by atoms with E-state index in [9.17, 15) is 0 Å². The van der Waals surface area contributed by atoms with E-state index in [4.69, 9.17) is 0 Å². The van der Waals surface area contributed by atoms with Gasteiger partial charge >= 0.3 is 30.2 Å². The molecule has 0 atom stereocenters. The van der Waals surface area contributed by atoms with Gasteiger partial charge in [0.25, 0.3) is 0 Å². The number of aryl methyl sites for hydroxylation is 10. The summed E-state index contributed by atoms with van der Waals surface area (Å²) in [5.74, 6) is 0. The summed E-state index contributed by atoms with van der Waals surface area (Å²) in [5.41, 5.74) is 24.3. The first-order chi connectivity index (χ1) is 30.9. The molecule has 0 fully saturated rings. The molecule has 8 aromatic carbocycles. The van der Waals surface area contributed by atoms with Crippen molar-refractivity contribution in [2.24, 2.45) is 0 Å². The molecule has 0 aliphatic carbocycles. The molecule has 0 heterocycles. The standard InChI is InChI=1S/2C31H35.2CH3.Si.Zr/c2*1-6-7-8-9-10-25-19-30-28(26-15-21(2)13-22(3)16-26)11-12-29(31(30)20-25)27-17-23(4)14-24(5)18-27;;;;/h2*11-20H,6-10H2,1-5H3;2*1H3;;/q4*-1;;. The minimum atomic E-state index is 0. The molecule has 0 aliphatic rings. The Morgan fingerprint density at radius 3 is 0.879 bits per heavy atom. The van der Waals surface area contributed by atoms with Crippen LogP contribution in [-0.2, 0) is 36.2 Å². The van der Waals surface area contributed by atoms with Crippen LogP contribution in [0.5, 0.6) is 0 Å². The van der Waals surface area contributed by atoms with Crippen LogP contribution in [0.4, 0.5) is 0 Å². The van der Waals surface area contributed by atoms with Gasteiger partial charge in [-0.05, 0) is 79.4 Å². The van der Waals surface area contributed by atoms with E-state index in [1.165, 1.54) is 209 Å². The molecular formula is C64H76SiZr-4. The van der Waals surface area contributed by atoms with E-state index < -0.39 is 0 Å². The zero-order valence-electron chi connectivity index (χ0n) is 42.6. The van der Waals surface area contributed by atoms with E-state index in [1.54, 1.807) is 0 Å². The second-order valence-corrected chi connectivity index (χ2v) is 18.8. The van der Waals surface area contributed by atoms with E-state index in [0.29, 0.717) is 0 Å². The molecule has 0 nitrogen and oxygen atoms in total. The fourth-order valence-electron chi connectivity index (χ4n) is 10.0. The SMILES string of the molecule is CCCCCCc1cc2c(-c3cc(C)cc(C)c3)ccc(-c3cc(C)cc(C)c3)c2[cH-]1.CCCCCCc1cc2c(-c3cc(C)cc(C)c3)ccc(-c3cc(C)cc(C)c3)c2[cH-]1.[CH3-].[CH3-].[Si]=[Zr]. The third kappa shape index (κ3) is 13.9. The Kier molecular flexibility index (Phi) is 21.1. The fraction of sp³-hybridized carbons (Fsp3) is 0.312. The number of rotatable bonds is 14. The van der Waals surface area contributed by atoms with Crippen LogP contribution in [0.15, 0.2) is 121 Å². The maximum atomic E-state index is 3.06. The summed E-state index contributed by atoms with van der Waals surface area (Å²) in [7, 11) is 0. The van der Waals surface area contributed by atoms with Crippen LogP contribution in [0.1, 0.15) is 121 Å². The van der Waals surface area contributed by atoms with E-state index in [-0.39, 0.29) is 14.9 Å². The molecule has 0 saturated heterocycles. The van der Waals surface area contributed by atoms with Gasteiger partial charge in [0.05, 0.1) is 0 Å². The fourth-order valence-corrected chi connectivity index (χ4v) is 10.0. The Labute approximate surface area is 418 Å². The average molecular weight is 965 g/mol. The van der Waals surface area contributed by atoms with Gasteiger partial charge in [0, 0.05) is 0 Å². The van der Waals surface area contributed by atoms with Crippen molar-refractivity contribution in [3.05, 3.63) is 192 Å². The van der Waals surface area contributed by atoms with Crippen molar-refractivity contribution in [3.63, 3.8) is 0 Å². The molecule has 0 N–H and O–H groups in total. The Morgan fingerprint density at radius 2 is 0.606 bits per heavy atom. The topological polar surface area (TPSA) is 0 Å². The van der Waals surface area contributed by atoms with Crippen molar-refractivity contribution < 1.29 is 23.3 Å². The van der Waals surface area contributed by atoms with Crippen molar-refractivity contribution in [2.75, 3.05) is 0 Å². The summed E-state index contributed by atoms with van der Waals surface area (Å²) in [4.78, 5) is 0. The summed E-state index contributed by atoms with van der Waals surface area (Å²) in [6, 6.07) is 46.8. The third-order valence-electron chi connectivity index (χ3n) is 12.7. The first-order valence-corrected chi connectivity index (χ1v) is 28.1. The van der Waals surface area contributed by atoms with Gasteiger partial charge < -0.3 is 14.9 Å². The zero-order valence-corrected chi connectivity index (χ0v) is 46.1. The molecule has 2 radical (unpaired) electrons. The number of hydrogen-bond donors (Lipinski definition) is 0. The molecular weight excluding hydrogens is 888 g/mol. The van der Waals surface area contributed by atoms with Crippen LogP contribution in [0.25, 0.3) is 66.1 Å². The number of hydrogen-bond acceptors (Lipinski definition) is 0. The Hall–Kier alpha value is -4.36. The van der Waals surface area contributed by atoms with Gasteiger partial charge in [0.15, 0.2) is 0 Å². The van der Waals surface area contributed by atoms with Gasteiger partial charge in [-0.15, -0.1) is 44.8 Å². The molecule has 8 rings (SSSR count). The molecule has 0 bridgehead atoms. The monoisotopic (exact) mass is 962 g/mol. The van der Waals surface area contributed by atoms with E-state index >= 15 is 0 Å². The Bertz CT molecular complexity index is 2370. The first kappa shape index (κ1) is 54.2. The molecule has 8 aromatic rings. The molecule has 66 heavy (non-hydrogen) atoms. The molecule has 2 heteroatoms. The average Bonchev–Trinajstić information content (AvgIpc) is 3.88. The van der Waals surface area contributed by atoms with Crippen LogP contribution in [0, 0.1) is 70.2 Å². The second kappa shape index (κ2) is 25.7. The number of unbranched alkanes of at least 4 members (excludes halogenated alkanes) is 6. The Morgan fingerprint density at radius 1 is 0.348 bits per heavy atom. The van der Waals surface area contributed by atoms with Crippen molar-refractivity contribution >= 4 is 28.4 Å². The van der Waals surface area contributed by atoms with Crippen LogP contribution < -0.4 is 0 Å². The summed E-state index contributed by atoms with van der Waals surface area (Å²) in [6.45, 7) is 25.2. The number of benzene rings is 6. The first-order valence-electron chi connectivity index (χ1n) is 23.9. The van der Waals surface area contributed by atoms with Gasteiger partial charge in [-0.1, -0.05) is 240 Å². The normalized spacial score (nSPS) is 10.7. The van der Waals surface area contributed by atoms with Crippen LogP contribution in [-0.4, -0.2) is 6.88 Å². The molecule has 0 saturated carbocycles. The van der Waals surface area contributed by atoms with Gasteiger partial charge in [0.1, 0.15) is 0 Å². The molecule has 0 amide bonds.